The number of rotatable bonds is 4. The molecule has 0 spiro atoms. The van der Waals surface area contributed by atoms with Gasteiger partial charge >= 0.3 is 5.91 Å². The van der Waals surface area contributed by atoms with Crippen LogP contribution in [-0.4, -0.2) is 21.7 Å². The number of hydrogen-bond donors (Lipinski definition) is 1. The number of phenols is 1. The largest absolute Gasteiger partial charge is 0.504 e. The third-order valence-electron chi connectivity index (χ3n) is 4.54. The van der Waals surface area contributed by atoms with Crippen LogP contribution in [0.1, 0.15) is 49.2 Å². The number of pyridine rings is 1. The smallest absolute Gasteiger partial charge is 0.322 e. The van der Waals surface area contributed by atoms with Crippen LogP contribution in [0.2, 0.25) is 0 Å². The van der Waals surface area contributed by atoms with Crippen molar-refractivity contribution >= 4 is 5.91 Å². The Balaban J connectivity index is 2.21. The molecule has 7 nitrogen and oxygen atoms in total. The fraction of sp³-hybridized carbons (Fsp3) is 0.368. The zero-order chi connectivity index (χ0) is 19.0. The number of nitrogens with zero attached hydrogens (tertiary/aromatic N) is 2. The van der Waals surface area contributed by atoms with Crippen molar-refractivity contribution in [3.63, 3.8) is 0 Å². The molecule has 2 aromatic rings. The third kappa shape index (κ3) is 3.00. The first-order valence-electron chi connectivity index (χ1n) is 8.52. The maximum absolute atomic E-state index is 12.3. The summed E-state index contributed by atoms with van der Waals surface area (Å²) in [7, 11) is 0. The summed E-state index contributed by atoms with van der Waals surface area (Å²) in [6.07, 6.45) is 2.73. The lowest BCUT2D eigenvalue weighted by molar-refractivity contribution is 0.0999. The molecular weight excluding hydrogens is 336 g/mol. The Hall–Kier alpha value is -2.96. The van der Waals surface area contributed by atoms with Crippen molar-refractivity contribution in [1.29, 1.82) is 0 Å². The minimum atomic E-state index is -1.07. The van der Waals surface area contributed by atoms with Gasteiger partial charge in [0.25, 0.3) is 0 Å². The van der Waals surface area contributed by atoms with E-state index < -0.39 is 11.3 Å². The first-order chi connectivity index (χ1) is 12.3. The molecule has 1 N–H and O–H groups in total. The van der Waals surface area contributed by atoms with E-state index in [4.69, 9.17) is 4.74 Å². The first-order valence-corrected chi connectivity index (χ1v) is 8.52. The lowest BCUT2D eigenvalue weighted by atomic mass is 9.90. The van der Waals surface area contributed by atoms with Gasteiger partial charge in [-0.25, -0.2) is 0 Å². The summed E-state index contributed by atoms with van der Waals surface area (Å²) in [5, 5.41) is 12.6. The molecule has 0 aliphatic carbocycles. The number of fused-ring (bicyclic) bond motifs is 3. The number of amides is 1. The van der Waals surface area contributed by atoms with E-state index in [1.807, 2.05) is 25.3 Å². The Morgan fingerprint density at radius 1 is 1.38 bits per heavy atom. The molecule has 0 saturated carbocycles. The molecular formula is C19H20N2O5. The number of aromatic hydroxyl groups is 1. The number of nitroso groups, excluding NO2 is 1. The van der Waals surface area contributed by atoms with Crippen LogP contribution < -0.4 is 10.2 Å². The summed E-state index contributed by atoms with van der Waals surface area (Å²) in [6, 6.07) is 4.70. The van der Waals surface area contributed by atoms with E-state index in [1.54, 1.807) is 12.1 Å². The molecule has 1 aliphatic heterocycles. The van der Waals surface area contributed by atoms with Gasteiger partial charge in [-0.05, 0) is 44.4 Å². The van der Waals surface area contributed by atoms with Crippen molar-refractivity contribution in [2.45, 2.75) is 45.8 Å². The van der Waals surface area contributed by atoms with Crippen LogP contribution in [0.3, 0.4) is 0 Å². The van der Waals surface area contributed by atoms with E-state index in [-0.39, 0.29) is 23.5 Å². The van der Waals surface area contributed by atoms with Gasteiger partial charge in [0.2, 0.25) is 0 Å². The molecule has 1 amide bonds. The van der Waals surface area contributed by atoms with Crippen LogP contribution in [0, 0.1) is 4.91 Å². The highest BCUT2D eigenvalue weighted by molar-refractivity contribution is 5.94. The highest BCUT2D eigenvalue weighted by atomic mass is 16.5. The number of ether oxygens (including phenoxy) is 1. The van der Waals surface area contributed by atoms with Crippen molar-refractivity contribution in [1.82, 2.24) is 4.57 Å². The first kappa shape index (κ1) is 17.8. The second-order valence-electron chi connectivity index (χ2n) is 6.65. The van der Waals surface area contributed by atoms with E-state index in [9.17, 15) is 19.6 Å². The van der Waals surface area contributed by atoms with Crippen LogP contribution in [0.15, 0.2) is 34.4 Å². The molecule has 0 bridgehead atoms. The maximum Gasteiger partial charge on any atom is 0.322 e. The summed E-state index contributed by atoms with van der Waals surface area (Å²) < 4.78 is 7.46. The van der Waals surface area contributed by atoms with Gasteiger partial charge in [0, 0.05) is 29.0 Å². The number of phenolic OH excluding ortho intramolecular Hbond substituents is 1. The fourth-order valence-electron chi connectivity index (χ4n) is 3.34. The Kier molecular flexibility index (Phi) is 4.63. The van der Waals surface area contributed by atoms with E-state index in [0.29, 0.717) is 23.4 Å². The van der Waals surface area contributed by atoms with Gasteiger partial charge in [-0.3, -0.25) is 9.59 Å². The second kappa shape index (κ2) is 6.74. The summed E-state index contributed by atoms with van der Waals surface area (Å²) in [6.45, 7) is 5.76. The van der Waals surface area contributed by atoms with Crippen molar-refractivity contribution < 1.29 is 14.6 Å². The average Bonchev–Trinajstić information content (AvgIpc) is 2.60. The molecule has 1 atom stereocenters. The second-order valence-corrected chi connectivity index (χ2v) is 6.65. The number of carbonyl (C=O) groups is 1. The van der Waals surface area contributed by atoms with Crippen LogP contribution in [-0.2, 0) is 6.42 Å². The van der Waals surface area contributed by atoms with Gasteiger partial charge < -0.3 is 14.4 Å². The maximum atomic E-state index is 12.3. The summed E-state index contributed by atoms with van der Waals surface area (Å²) in [5.74, 6) is -0.683. The van der Waals surface area contributed by atoms with Gasteiger partial charge in [-0.15, -0.1) is 4.91 Å². The molecule has 1 unspecified atom stereocenters. The Morgan fingerprint density at radius 3 is 2.73 bits per heavy atom. The molecule has 0 radical (unpaired) electrons. The van der Waals surface area contributed by atoms with Gasteiger partial charge in [-0.2, -0.15) is 0 Å². The number of aromatic nitrogens is 1. The van der Waals surface area contributed by atoms with Crippen molar-refractivity contribution in [2.24, 2.45) is 5.18 Å². The molecule has 1 aromatic heterocycles. The highest BCUT2D eigenvalue weighted by Gasteiger charge is 2.27. The van der Waals surface area contributed by atoms with Crippen LogP contribution in [0.5, 0.6) is 11.5 Å². The predicted molar refractivity (Wildman–Crippen MR) is 96.7 cm³/mol. The minimum absolute atomic E-state index is 0.00717. The number of hydrogen-bond acceptors (Lipinski definition) is 5. The number of carbonyl (C=O) groups excluding carboxylic acids is 1. The molecule has 136 valence electrons. The lowest BCUT2D eigenvalue weighted by Gasteiger charge is -2.30. The Labute approximate surface area is 150 Å². The zero-order valence-corrected chi connectivity index (χ0v) is 14.9. The van der Waals surface area contributed by atoms with Gasteiger partial charge in [0.15, 0.2) is 16.9 Å². The van der Waals surface area contributed by atoms with E-state index in [0.717, 1.165) is 12.0 Å². The third-order valence-corrected chi connectivity index (χ3v) is 4.54. The predicted octanol–water partition coefficient (Wildman–Crippen LogP) is 3.42. The topological polar surface area (TPSA) is 98.0 Å². The molecule has 1 aliphatic rings. The number of benzene rings is 1. The Bertz CT molecular complexity index is 946. The molecule has 3 rings (SSSR count). The monoisotopic (exact) mass is 356 g/mol. The summed E-state index contributed by atoms with van der Waals surface area (Å²) >= 11 is 0. The van der Waals surface area contributed by atoms with E-state index in [1.165, 1.54) is 12.3 Å². The van der Waals surface area contributed by atoms with E-state index in [2.05, 4.69) is 5.18 Å². The lowest BCUT2D eigenvalue weighted by Crippen LogP contribution is -2.25. The Morgan fingerprint density at radius 2 is 2.12 bits per heavy atom. The van der Waals surface area contributed by atoms with Crippen molar-refractivity contribution in [2.75, 3.05) is 0 Å². The van der Waals surface area contributed by atoms with E-state index >= 15 is 0 Å². The van der Waals surface area contributed by atoms with Crippen LogP contribution in [0.4, 0.5) is 0 Å². The van der Waals surface area contributed by atoms with Crippen molar-refractivity contribution in [3.8, 4) is 22.8 Å². The van der Waals surface area contributed by atoms with Gasteiger partial charge in [0.05, 0.1) is 11.8 Å². The minimum Gasteiger partial charge on any atom is -0.504 e. The molecule has 26 heavy (non-hydrogen) atoms. The SMILES string of the molecule is CCC1Cc2cc(OC(C)C)c(O)cc2-c2cc(=O)c(C(=O)N=O)cn21. The van der Waals surface area contributed by atoms with Gasteiger partial charge in [0.1, 0.15) is 5.56 Å². The molecule has 0 saturated heterocycles. The van der Waals surface area contributed by atoms with Crippen LogP contribution >= 0.6 is 0 Å². The highest BCUT2D eigenvalue weighted by Crippen LogP contribution is 2.41. The van der Waals surface area contributed by atoms with Crippen molar-refractivity contribution in [3.05, 3.63) is 50.7 Å². The van der Waals surface area contributed by atoms with Gasteiger partial charge in [-0.1, -0.05) is 6.92 Å². The normalized spacial score (nSPS) is 15.3. The molecule has 0 fully saturated rings. The molecule has 2 heterocycles. The van der Waals surface area contributed by atoms with Crippen LogP contribution in [0.25, 0.3) is 11.3 Å². The standard InChI is InChI=1S/C19H20N2O5/c1-4-12-5-11-6-18(26-10(2)3)17(23)7-13(11)15-8-16(22)14(9-21(12)15)19(24)20-25/h6-10,12,23H,4-5H2,1-3H3. The molecule has 1 aromatic carbocycles. The summed E-state index contributed by atoms with van der Waals surface area (Å²) in [5.41, 5.74) is 1.45. The fourth-order valence-corrected chi connectivity index (χ4v) is 3.34. The zero-order valence-electron chi connectivity index (χ0n) is 14.9. The average molecular weight is 356 g/mol. The summed E-state index contributed by atoms with van der Waals surface area (Å²) in [4.78, 5) is 34.4. The quantitative estimate of drug-likeness (QED) is 0.847. The molecule has 7 heteroatoms.